The molecule has 3 N–H and O–H groups in total. The summed E-state index contributed by atoms with van der Waals surface area (Å²) in [7, 11) is 1.60. The molecular formula is C11H20N2O2. The molecule has 0 saturated heterocycles. The number of nitrogens with two attached hydrogens (primary N) is 1. The molecule has 0 heterocycles. The van der Waals surface area contributed by atoms with Gasteiger partial charge >= 0.3 is 0 Å². The summed E-state index contributed by atoms with van der Waals surface area (Å²) in [6, 6.07) is 0. The second-order valence-corrected chi connectivity index (χ2v) is 4.44. The third-order valence-corrected chi connectivity index (χ3v) is 3.45. The lowest BCUT2D eigenvalue weighted by atomic mass is 9.75. The van der Waals surface area contributed by atoms with Crippen LogP contribution in [0.4, 0.5) is 0 Å². The summed E-state index contributed by atoms with van der Waals surface area (Å²) in [5, 5.41) is 2.61. The zero-order valence-electron chi connectivity index (χ0n) is 9.45. The summed E-state index contributed by atoms with van der Waals surface area (Å²) in [6.45, 7) is 1.74. The summed E-state index contributed by atoms with van der Waals surface area (Å²) < 4.78 is 0. The third kappa shape index (κ3) is 2.94. The number of hydrogen-bond donors (Lipinski definition) is 2. The second kappa shape index (κ2) is 5.14. The molecule has 0 aromatic rings. The lowest BCUT2D eigenvalue weighted by Crippen LogP contribution is -2.39. The molecular weight excluding hydrogens is 192 g/mol. The Morgan fingerprint density at radius 2 is 2.07 bits per heavy atom. The third-order valence-electron chi connectivity index (χ3n) is 3.45. The van der Waals surface area contributed by atoms with Crippen molar-refractivity contribution in [3.63, 3.8) is 0 Å². The predicted molar refractivity (Wildman–Crippen MR) is 57.9 cm³/mol. The average Bonchev–Trinajstić information content (AvgIpc) is 2.14. The van der Waals surface area contributed by atoms with E-state index >= 15 is 0 Å². The minimum Gasteiger partial charge on any atom is -0.369 e. The number of nitrogens with one attached hydrogen (secondary N) is 1. The molecule has 1 rings (SSSR count). The van der Waals surface area contributed by atoms with Crippen molar-refractivity contribution >= 4 is 11.8 Å². The molecule has 2 unspecified atom stereocenters. The fourth-order valence-electron chi connectivity index (χ4n) is 2.01. The van der Waals surface area contributed by atoms with Gasteiger partial charge in [-0.3, -0.25) is 9.59 Å². The summed E-state index contributed by atoms with van der Waals surface area (Å²) in [5.41, 5.74) is 5.25. The predicted octanol–water partition coefficient (Wildman–Crippen LogP) is 0.660. The van der Waals surface area contributed by atoms with Crippen LogP contribution in [0.3, 0.4) is 0 Å². The van der Waals surface area contributed by atoms with E-state index in [1.54, 1.807) is 14.0 Å². The van der Waals surface area contributed by atoms with Crippen LogP contribution in [0.2, 0.25) is 0 Å². The van der Waals surface area contributed by atoms with Gasteiger partial charge in [0.2, 0.25) is 11.8 Å². The van der Waals surface area contributed by atoms with Gasteiger partial charge in [-0.2, -0.15) is 0 Å². The van der Waals surface area contributed by atoms with Gasteiger partial charge in [-0.25, -0.2) is 0 Å². The molecule has 0 aromatic carbocycles. The van der Waals surface area contributed by atoms with Crippen molar-refractivity contribution in [1.82, 2.24) is 5.32 Å². The maximum atomic E-state index is 11.6. The summed E-state index contributed by atoms with van der Waals surface area (Å²) in [4.78, 5) is 22.7. The molecule has 2 atom stereocenters. The lowest BCUT2D eigenvalue weighted by Gasteiger charge is -2.30. The maximum Gasteiger partial charge on any atom is 0.223 e. The molecule has 0 aliphatic heterocycles. The van der Waals surface area contributed by atoms with Gasteiger partial charge in [-0.1, -0.05) is 26.2 Å². The fourth-order valence-corrected chi connectivity index (χ4v) is 2.01. The number of carbonyl (C=O) groups excluding carboxylic acids is 2. The van der Waals surface area contributed by atoms with Gasteiger partial charge in [-0.15, -0.1) is 0 Å². The fraction of sp³-hybridized carbons (Fsp3) is 0.818. The molecule has 0 radical (unpaired) electrons. The second-order valence-electron chi connectivity index (χ2n) is 4.44. The monoisotopic (exact) mass is 212 g/mol. The van der Waals surface area contributed by atoms with E-state index in [0.29, 0.717) is 5.92 Å². The quantitative estimate of drug-likeness (QED) is 0.702. The summed E-state index contributed by atoms with van der Waals surface area (Å²) in [5.74, 6) is -0.464. The maximum absolute atomic E-state index is 11.6. The Bertz CT molecular complexity index is 249. The Kier molecular flexibility index (Phi) is 4.12. The molecule has 0 aromatic heterocycles. The molecule has 1 aliphatic rings. The minimum atomic E-state index is -0.386. The van der Waals surface area contributed by atoms with Crippen molar-refractivity contribution in [2.24, 2.45) is 23.5 Å². The van der Waals surface area contributed by atoms with Crippen LogP contribution in [0.25, 0.3) is 0 Å². The standard InChI is InChI=1S/C11H20N2O2/c1-7(10(12)14)9(11(15)13-2)6-8-4-3-5-8/h7-9H,3-6H2,1-2H3,(H2,12,14)(H,13,15). The van der Waals surface area contributed by atoms with Crippen LogP contribution in [0.1, 0.15) is 32.6 Å². The largest absolute Gasteiger partial charge is 0.369 e. The normalized spacial score (nSPS) is 20.1. The van der Waals surface area contributed by atoms with Crippen LogP contribution in [0, 0.1) is 17.8 Å². The zero-order chi connectivity index (χ0) is 11.4. The molecule has 0 spiro atoms. The Morgan fingerprint density at radius 3 is 2.40 bits per heavy atom. The molecule has 15 heavy (non-hydrogen) atoms. The number of hydrogen-bond acceptors (Lipinski definition) is 2. The Hall–Kier alpha value is -1.06. The van der Waals surface area contributed by atoms with Crippen molar-refractivity contribution in [3.8, 4) is 0 Å². The molecule has 1 aliphatic carbocycles. The Morgan fingerprint density at radius 1 is 1.47 bits per heavy atom. The Balaban J connectivity index is 2.58. The highest BCUT2D eigenvalue weighted by molar-refractivity contribution is 5.86. The van der Waals surface area contributed by atoms with Crippen molar-refractivity contribution in [3.05, 3.63) is 0 Å². The van der Waals surface area contributed by atoms with E-state index in [1.807, 2.05) is 0 Å². The molecule has 1 saturated carbocycles. The van der Waals surface area contributed by atoms with Crippen molar-refractivity contribution in [2.45, 2.75) is 32.6 Å². The first-order chi connectivity index (χ1) is 7.06. The first-order valence-electron chi connectivity index (χ1n) is 5.57. The van der Waals surface area contributed by atoms with Crippen LogP contribution < -0.4 is 11.1 Å². The number of amides is 2. The van der Waals surface area contributed by atoms with Crippen molar-refractivity contribution in [2.75, 3.05) is 7.05 Å². The Labute approximate surface area is 90.6 Å². The van der Waals surface area contributed by atoms with E-state index in [1.165, 1.54) is 19.3 Å². The highest BCUT2D eigenvalue weighted by atomic mass is 16.2. The first-order valence-corrected chi connectivity index (χ1v) is 5.57. The van der Waals surface area contributed by atoms with E-state index in [0.717, 1.165) is 6.42 Å². The van der Waals surface area contributed by atoms with Crippen LogP contribution in [-0.2, 0) is 9.59 Å². The summed E-state index contributed by atoms with van der Waals surface area (Å²) >= 11 is 0. The number of rotatable bonds is 5. The van der Waals surface area contributed by atoms with E-state index < -0.39 is 0 Å². The summed E-state index contributed by atoms with van der Waals surface area (Å²) in [6.07, 6.45) is 4.40. The van der Waals surface area contributed by atoms with E-state index in [9.17, 15) is 9.59 Å². The SMILES string of the molecule is CNC(=O)C(CC1CCC1)C(C)C(N)=O. The van der Waals surface area contributed by atoms with Gasteiger partial charge in [0.15, 0.2) is 0 Å². The topological polar surface area (TPSA) is 72.2 Å². The number of primary amides is 1. The zero-order valence-corrected chi connectivity index (χ0v) is 9.45. The molecule has 0 bridgehead atoms. The average molecular weight is 212 g/mol. The highest BCUT2D eigenvalue weighted by Gasteiger charge is 2.32. The van der Waals surface area contributed by atoms with Gasteiger partial charge in [0.25, 0.3) is 0 Å². The van der Waals surface area contributed by atoms with Gasteiger partial charge in [0.05, 0.1) is 0 Å². The van der Waals surface area contributed by atoms with Gasteiger partial charge in [0.1, 0.15) is 0 Å². The van der Waals surface area contributed by atoms with Crippen molar-refractivity contribution < 1.29 is 9.59 Å². The smallest absolute Gasteiger partial charge is 0.223 e. The van der Waals surface area contributed by atoms with Crippen LogP contribution in [-0.4, -0.2) is 18.9 Å². The van der Waals surface area contributed by atoms with Crippen LogP contribution >= 0.6 is 0 Å². The highest BCUT2D eigenvalue weighted by Crippen LogP contribution is 2.34. The molecule has 2 amide bonds. The number of carbonyl (C=O) groups is 2. The molecule has 4 heteroatoms. The van der Waals surface area contributed by atoms with Gasteiger partial charge in [-0.05, 0) is 12.3 Å². The van der Waals surface area contributed by atoms with Gasteiger partial charge in [0, 0.05) is 18.9 Å². The van der Waals surface area contributed by atoms with Crippen LogP contribution in [0.5, 0.6) is 0 Å². The van der Waals surface area contributed by atoms with Crippen LogP contribution in [0.15, 0.2) is 0 Å². The van der Waals surface area contributed by atoms with E-state index in [4.69, 9.17) is 5.73 Å². The lowest BCUT2D eigenvalue weighted by molar-refractivity contribution is -0.133. The van der Waals surface area contributed by atoms with E-state index in [2.05, 4.69) is 5.32 Å². The minimum absolute atomic E-state index is 0.0619. The first kappa shape index (κ1) is 12.0. The van der Waals surface area contributed by atoms with E-state index in [-0.39, 0.29) is 23.7 Å². The molecule has 86 valence electrons. The molecule has 4 nitrogen and oxygen atoms in total. The van der Waals surface area contributed by atoms with Crippen molar-refractivity contribution in [1.29, 1.82) is 0 Å². The van der Waals surface area contributed by atoms with Gasteiger partial charge < -0.3 is 11.1 Å². The molecule has 1 fully saturated rings.